The zero-order valence-corrected chi connectivity index (χ0v) is 14.2. The van der Waals surface area contributed by atoms with E-state index >= 15 is 0 Å². The van der Waals surface area contributed by atoms with Crippen LogP contribution in [-0.4, -0.2) is 29.2 Å². The minimum Gasteiger partial charge on any atom is -0.469 e. The van der Waals surface area contributed by atoms with Crippen LogP contribution >= 0.6 is 11.6 Å². The maximum Gasteiger partial charge on any atom is 0.307 e. The topological polar surface area (TPSA) is 84.1 Å². The summed E-state index contributed by atoms with van der Waals surface area (Å²) < 4.78 is 4.74. The number of nitrogens with one attached hydrogen (secondary N) is 2. The standard InChI is InChI=1S/C18H16ClN3O3/c1-25-16(23)9-15(12-6-2-3-8-14(12)19)21-18(24)13-7-4-5-11-10-20-22-17(11)13/h2-8,10,15H,9H2,1H3,(H,20,22)(H,21,24)/t15-/m1/s1. The fraction of sp³-hybridized carbons (Fsp3) is 0.167. The molecule has 0 saturated heterocycles. The number of nitrogens with zero attached hydrogens (tertiary/aromatic N) is 1. The third-order valence-corrected chi connectivity index (χ3v) is 4.25. The number of para-hydroxylation sites is 1. The average Bonchev–Trinajstić information content (AvgIpc) is 3.10. The van der Waals surface area contributed by atoms with E-state index in [1.54, 1.807) is 42.6 Å². The number of hydrogen-bond donors (Lipinski definition) is 2. The number of aromatic nitrogens is 2. The number of carbonyl (C=O) groups is 2. The average molecular weight is 358 g/mol. The molecule has 0 aliphatic rings. The van der Waals surface area contributed by atoms with E-state index in [0.29, 0.717) is 21.7 Å². The number of methoxy groups -OCH3 is 1. The van der Waals surface area contributed by atoms with Gasteiger partial charge >= 0.3 is 5.97 Å². The number of esters is 1. The molecule has 3 aromatic rings. The van der Waals surface area contributed by atoms with Crippen molar-refractivity contribution >= 4 is 34.4 Å². The third kappa shape index (κ3) is 3.64. The highest BCUT2D eigenvalue weighted by molar-refractivity contribution is 6.31. The predicted octanol–water partition coefficient (Wildman–Crippen LogP) is 3.25. The van der Waals surface area contributed by atoms with Gasteiger partial charge in [-0.3, -0.25) is 14.7 Å². The molecule has 1 amide bonds. The Morgan fingerprint density at radius 2 is 2.04 bits per heavy atom. The molecule has 1 heterocycles. The molecule has 128 valence electrons. The first-order chi connectivity index (χ1) is 12.1. The lowest BCUT2D eigenvalue weighted by Gasteiger charge is -2.19. The molecule has 0 aliphatic carbocycles. The SMILES string of the molecule is COC(=O)C[C@@H](NC(=O)c1cccc2cn[nH]c12)c1ccccc1Cl. The van der Waals surface area contributed by atoms with Crippen LogP contribution in [0.4, 0.5) is 0 Å². The van der Waals surface area contributed by atoms with E-state index in [1.807, 2.05) is 6.07 Å². The normalized spacial score (nSPS) is 11.9. The highest BCUT2D eigenvalue weighted by Crippen LogP contribution is 2.26. The van der Waals surface area contributed by atoms with Gasteiger partial charge in [0, 0.05) is 10.4 Å². The predicted molar refractivity (Wildman–Crippen MR) is 94.4 cm³/mol. The quantitative estimate of drug-likeness (QED) is 0.686. The molecule has 1 aromatic heterocycles. The molecule has 0 aliphatic heterocycles. The monoisotopic (exact) mass is 357 g/mol. The fourth-order valence-corrected chi connectivity index (χ4v) is 2.91. The molecule has 7 heteroatoms. The lowest BCUT2D eigenvalue weighted by molar-refractivity contribution is -0.141. The van der Waals surface area contributed by atoms with E-state index in [9.17, 15) is 9.59 Å². The minimum absolute atomic E-state index is 0.0229. The van der Waals surface area contributed by atoms with Crippen LogP contribution in [0.2, 0.25) is 5.02 Å². The summed E-state index contributed by atoms with van der Waals surface area (Å²) in [6, 6.07) is 11.8. The Morgan fingerprint density at radius 3 is 2.80 bits per heavy atom. The number of fused-ring (bicyclic) bond motifs is 1. The molecule has 6 nitrogen and oxygen atoms in total. The maximum atomic E-state index is 12.8. The summed E-state index contributed by atoms with van der Waals surface area (Å²) in [6.07, 6.45) is 1.62. The molecule has 0 saturated carbocycles. The number of benzene rings is 2. The second kappa shape index (κ2) is 7.36. The van der Waals surface area contributed by atoms with Crippen molar-refractivity contribution in [2.75, 3.05) is 7.11 Å². The molecule has 2 aromatic carbocycles. The fourth-order valence-electron chi connectivity index (χ4n) is 2.64. The summed E-state index contributed by atoms with van der Waals surface area (Å²) in [4.78, 5) is 24.5. The number of ether oxygens (including phenoxy) is 1. The smallest absolute Gasteiger partial charge is 0.307 e. The van der Waals surface area contributed by atoms with E-state index in [4.69, 9.17) is 16.3 Å². The van der Waals surface area contributed by atoms with Crippen LogP contribution < -0.4 is 5.32 Å². The summed E-state index contributed by atoms with van der Waals surface area (Å²) in [6.45, 7) is 0. The molecular formula is C18H16ClN3O3. The first kappa shape index (κ1) is 17.0. The molecule has 3 rings (SSSR count). The van der Waals surface area contributed by atoms with Crippen LogP contribution in [-0.2, 0) is 9.53 Å². The molecule has 0 radical (unpaired) electrons. The summed E-state index contributed by atoms with van der Waals surface area (Å²) in [5.74, 6) is -0.770. The van der Waals surface area contributed by atoms with Crippen molar-refractivity contribution in [3.63, 3.8) is 0 Å². The van der Waals surface area contributed by atoms with E-state index in [0.717, 1.165) is 5.39 Å². The number of carbonyl (C=O) groups excluding carboxylic acids is 2. The highest BCUT2D eigenvalue weighted by atomic mass is 35.5. The zero-order chi connectivity index (χ0) is 17.8. The molecule has 25 heavy (non-hydrogen) atoms. The second-order valence-electron chi connectivity index (χ2n) is 5.47. The highest BCUT2D eigenvalue weighted by Gasteiger charge is 2.22. The molecular weight excluding hydrogens is 342 g/mol. The Kier molecular flexibility index (Phi) is 5.00. The van der Waals surface area contributed by atoms with Gasteiger partial charge in [-0.15, -0.1) is 0 Å². The van der Waals surface area contributed by atoms with E-state index in [1.165, 1.54) is 7.11 Å². The summed E-state index contributed by atoms with van der Waals surface area (Å²) in [7, 11) is 1.30. The van der Waals surface area contributed by atoms with Crippen LogP contribution in [0.15, 0.2) is 48.7 Å². The van der Waals surface area contributed by atoms with Crippen molar-refractivity contribution in [2.45, 2.75) is 12.5 Å². The van der Waals surface area contributed by atoms with E-state index in [-0.39, 0.29) is 12.3 Å². The lowest BCUT2D eigenvalue weighted by atomic mass is 10.0. The van der Waals surface area contributed by atoms with E-state index < -0.39 is 12.0 Å². The van der Waals surface area contributed by atoms with Crippen LogP contribution in [0.5, 0.6) is 0 Å². The number of aromatic amines is 1. The third-order valence-electron chi connectivity index (χ3n) is 3.91. The van der Waals surface area contributed by atoms with Crippen molar-refractivity contribution in [1.29, 1.82) is 0 Å². The van der Waals surface area contributed by atoms with Crippen molar-refractivity contribution in [2.24, 2.45) is 0 Å². The molecule has 0 bridgehead atoms. The van der Waals surface area contributed by atoms with Gasteiger partial charge in [-0.05, 0) is 17.7 Å². The van der Waals surface area contributed by atoms with Gasteiger partial charge in [0.2, 0.25) is 0 Å². The maximum absolute atomic E-state index is 12.8. The van der Waals surface area contributed by atoms with Crippen LogP contribution in [0.3, 0.4) is 0 Å². The Labute approximate surface area is 149 Å². The summed E-state index contributed by atoms with van der Waals surface area (Å²) in [5.41, 5.74) is 1.73. The Morgan fingerprint density at radius 1 is 1.24 bits per heavy atom. The molecule has 0 fully saturated rings. The van der Waals surface area contributed by atoms with Gasteiger partial charge in [0.25, 0.3) is 5.91 Å². The first-order valence-electron chi connectivity index (χ1n) is 7.64. The molecule has 1 atom stereocenters. The summed E-state index contributed by atoms with van der Waals surface area (Å²) in [5, 5.41) is 10.9. The molecule has 2 N–H and O–H groups in total. The van der Waals surface area contributed by atoms with Gasteiger partial charge in [0.1, 0.15) is 0 Å². The van der Waals surface area contributed by atoms with Crippen LogP contribution in [0, 0.1) is 0 Å². The molecule has 0 spiro atoms. The van der Waals surface area contributed by atoms with Crippen molar-refractivity contribution in [3.8, 4) is 0 Å². The minimum atomic E-state index is -0.605. The van der Waals surface area contributed by atoms with Crippen molar-refractivity contribution in [1.82, 2.24) is 15.5 Å². The molecule has 0 unspecified atom stereocenters. The Bertz CT molecular complexity index is 923. The van der Waals surface area contributed by atoms with Gasteiger partial charge in [-0.2, -0.15) is 5.10 Å². The van der Waals surface area contributed by atoms with Crippen LogP contribution in [0.25, 0.3) is 10.9 Å². The lowest BCUT2D eigenvalue weighted by Crippen LogP contribution is -2.30. The van der Waals surface area contributed by atoms with E-state index in [2.05, 4.69) is 15.5 Å². The Balaban J connectivity index is 1.92. The number of rotatable bonds is 5. The van der Waals surface area contributed by atoms with Crippen molar-refractivity contribution in [3.05, 3.63) is 64.8 Å². The van der Waals surface area contributed by atoms with Gasteiger partial charge in [-0.25, -0.2) is 0 Å². The number of hydrogen-bond acceptors (Lipinski definition) is 4. The Hall–Kier alpha value is -2.86. The number of halogens is 1. The van der Waals surface area contributed by atoms with Gasteiger partial charge in [0.15, 0.2) is 0 Å². The van der Waals surface area contributed by atoms with Gasteiger partial charge in [-0.1, -0.05) is 41.9 Å². The number of amides is 1. The van der Waals surface area contributed by atoms with Gasteiger partial charge < -0.3 is 10.1 Å². The van der Waals surface area contributed by atoms with Crippen LogP contribution in [0.1, 0.15) is 28.4 Å². The van der Waals surface area contributed by atoms with Gasteiger partial charge in [0.05, 0.1) is 36.8 Å². The first-order valence-corrected chi connectivity index (χ1v) is 8.02. The summed E-state index contributed by atoms with van der Waals surface area (Å²) >= 11 is 6.23. The largest absolute Gasteiger partial charge is 0.469 e. The van der Waals surface area contributed by atoms with Crippen molar-refractivity contribution < 1.29 is 14.3 Å². The zero-order valence-electron chi connectivity index (χ0n) is 13.5. The number of H-pyrrole nitrogens is 1. The second-order valence-corrected chi connectivity index (χ2v) is 5.87.